The van der Waals surface area contributed by atoms with Crippen LogP contribution in [0.2, 0.25) is 0 Å². The van der Waals surface area contributed by atoms with Gasteiger partial charge in [-0.2, -0.15) is 0 Å². The van der Waals surface area contributed by atoms with Gasteiger partial charge in [-0.15, -0.1) is 11.8 Å². The van der Waals surface area contributed by atoms with Gasteiger partial charge in [0.2, 0.25) is 11.8 Å². The van der Waals surface area contributed by atoms with E-state index in [1.54, 1.807) is 4.90 Å². The van der Waals surface area contributed by atoms with Crippen molar-refractivity contribution in [1.29, 1.82) is 0 Å². The van der Waals surface area contributed by atoms with E-state index in [1.807, 2.05) is 36.1 Å². The Morgan fingerprint density at radius 2 is 1.72 bits per heavy atom. The maximum atomic E-state index is 13.7. The van der Waals surface area contributed by atoms with Crippen molar-refractivity contribution < 1.29 is 18.4 Å². The van der Waals surface area contributed by atoms with Crippen molar-refractivity contribution in [3.63, 3.8) is 0 Å². The third kappa shape index (κ3) is 6.27. The first-order valence-corrected chi connectivity index (χ1v) is 10.3. The Hall–Kier alpha value is -2.45. The summed E-state index contributed by atoms with van der Waals surface area (Å²) in [5, 5.41) is 2.87. The number of amides is 2. The average molecular weight is 419 g/mol. The summed E-state index contributed by atoms with van der Waals surface area (Å²) in [7, 11) is 0. The molecule has 2 amide bonds. The molecule has 1 heterocycles. The van der Waals surface area contributed by atoms with E-state index < -0.39 is 11.6 Å². The van der Waals surface area contributed by atoms with Crippen molar-refractivity contribution in [1.82, 2.24) is 9.80 Å². The van der Waals surface area contributed by atoms with E-state index in [4.69, 9.17) is 0 Å². The first-order chi connectivity index (χ1) is 13.9. The van der Waals surface area contributed by atoms with E-state index in [-0.39, 0.29) is 29.0 Å². The summed E-state index contributed by atoms with van der Waals surface area (Å²) in [4.78, 5) is 28.4. The lowest BCUT2D eigenvalue weighted by molar-refractivity contribution is -0.130. The molecule has 0 spiro atoms. The normalized spacial score (nSPS) is 14.7. The molecular weight excluding hydrogens is 396 g/mol. The van der Waals surface area contributed by atoms with Crippen LogP contribution in [-0.4, -0.2) is 60.1 Å². The van der Waals surface area contributed by atoms with Gasteiger partial charge < -0.3 is 10.2 Å². The largest absolute Gasteiger partial charge is 0.339 e. The molecule has 1 aliphatic rings. The van der Waals surface area contributed by atoms with Crippen molar-refractivity contribution in [2.75, 3.05) is 43.8 Å². The van der Waals surface area contributed by atoms with Crippen molar-refractivity contribution in [3.8, 4) is 0 Å². The first-order valence-electron chi connectivity index (χ1n) is 9.35. The molecule has 0 unspecified atom stereocenters. The van der Waals surface area contributed by atoms with Crippen LogP contribution < -0.4 is 5.32 Å². The van der Waals surface area contributed by atoms with Gasteiger partial charge in [0.25, 0.3) is 0 Å². The van der Waals surface area contributed by atoms with Crippen molar-refractivity contribution in [3.05, 3.63) is 59.7 Å². The van der Waals surface area contributed by atoms with Gasteiger partial charge in [-0.1, -0.05) is 17.7 Å². The van der Waals surface area contributed by atoms with Gasteiger partial charge in [-0.05, 0) is 37.3 Å². The van der Waals surface area contributed by atoms with Crippen molar-refractivity contribution in [2.24, 2.45) is 0 Å². The molecule has 1 saturated heterocycles. The topological polar surface area (TPSA) is 52.7 Å². The van der Waals surface area contributed by atoms with Gasteiger partial charge >= 0.3 is 0 Å². The molecule has 154 valence electrons. The number of rotatable bonds is 6. The van der Waals surface area contributed by atoms with Crippen LogP contribution in [0, 0.1) is 18.6 Å². The zero-order chi connectivity index (χ0) is 20.8. The number of anilines is 1. The molecule has 0 atom stereocenters. The molecule has 0 aliphatic carbocycles. The number of carbonyl (C=O) groups excluding carboxylic acids is 2. The maximum absolute atomic E-state index is 13.7. The van der Waals surface area contributed by atoms with Crippen LogP contribution in [0.25, 0.3) is 0 Å². The monoisotopic (exact) mass is 419 g/mol. The molecular formula is C21H23F2N3O2S. The number of nitrogens with zero attached hydrogens (tertiary/aromatic N) is 2. The molecule has 1 aliphatic heterocycles. The molecule has 3 rings (SSSR count). The fraction of sp³-hybridized carbons (Fsp3) is 0.333. The maximum Gasteiger partial charge on any atom is 0.238 e. The summed E-state index contributed by atoms with van der Waals surface area (Å²) in [6.45, 7) is 4.43. The highest BCUT2D eigenvalue weighted by Gasteiger charge is 2.22. The minimum atomic E-state index is -0.534. The third-order valence-electron chi connectivity index (χ3n) is 4.67. The quantitative estimate of drug-likeness (QED) is 0.731. The summed E-state index contributed by atoms with van der Waals surface area (Å²) in [5.41, 5.74) is 1.89. The van der Waals surface area contributed by atoms with Crippen LogP contribution in [0.3, 0.4) is 0 Å². The highest BCUT2D eigenvalue weighted by atomic mass is 32.2. The van der Waals surface area contributed by atoms with Gasteiger partial charge in [-0.3, -0.25) is 14.5 Å². The fourth-order valence-corrected chi connectivity index (χ4v) is 3.88. The molecule has 0 bridgehead atoms. The fourth-order valence-electron chi connectivity index (χ4n) is 3.01. The van der Waals surface area contributed by atoms with E-state index in [0.29, 0.717) is 26.2 Å². The molecule has 8 heteroatoms. The second-order valence-electron chi connectivity index (χ2n) is 6.93. The number of nitrogens with one attached hydrogen (secondary N) is 1. The lowest BCUT2D eigenvalue weighted by atomic mass is 10.2. The summed E-state index contributed by atoms with van der Waals surface area (Å²) in [6.07, 6.45) is 0. The summed E-state index contributed by atoms with van der Waals surface area (Å²) >= 11 is 0.993. The number of thioether (sulfide) groups is 1. The second kappa shape index (κ2) is 9.84. The van der Waals surface area contributed by atoms with E-state index >= 15 is 0 Å². The lowest BCUT2D eigenvalue weighted by Crippen LogP contribution is -2.50. The Morgan fingerprint density at radius 1 is 1.03 bits per heavy atom. The molecule has 0 radical (unpaired) electrons. The molecule has 1 N–H and O–H groups in total. The summed E-state index contributed by atoms with van der Waals surface area (Å²) < 4.78 is 26.9. The Kier molecular flexibility index (Phi) is 7.22. The lowest BCUT2D eigenvalue weighted by Gasteiger charge is -2.34. The SMILES string of the molecule is Cc1ccc(NC(=O)CN2CCN(C(=O)CSc3cc(F)ccc3F)CC2)cc1. The molecule has 2 aromatic rings. The van der Waals surface area contributed by atoms with E-state index in [1.165, 1.54) is 0 Å². The van der Waals surface area contributed by atoms with E-state index in [2.05, 4.69) is 5.32 Å². The standard InChI is InChI=1S/C21H23F2N3O2S/c1-15-2-5-17(6-3-15)24-20(27)13-25-8-10-26(11-9-25)21(28)14-29-19-12-16(22)4-7-18(19)23/h2-7,12H,8-11,13-14H2,1H3,(H,24,27). The van der Waals surface area contributed by atoms with Gasteiger partial charge in [-0.25, -0.2) is 8.78 Å². The van der Waals surface area contributed by atoms with Crippen LogP contribution in [-0.2, 0) is 9.59 Å². The van der Waals surface area contributed by atoms with E-state index in [0.717, 1.165) is 41.2 Å². The number of carbonyl (C=O) groups is 2. The van der Waals surface area contributed by atoms with Crippen molar-refractivity contribution >= 4 is 29.3 Å². The number of benzene rings is 2. The van der Waals surface area contributed by atoms with Crippen LogP contribution in [0.5, 0.6) is 0 Å². The summed E-state index contributed by atoms with van der Waals surface area (Å²) in [6, 6.07) is 10.8. The predicted molar refractivity (Wildman–Crippen MR) is 110 cm³/mol. The minimum absolute atomic E-state index is 0.0499. The Labute approximate surface area is 173 Å². The molecule has 1 fully saturated rings. The van der Waals surface area contributed by atoms with Gasteiger partial charge in [0.15, 0.2) is 0 Å². The van der Waals surface area contributed by atoms with Crippen LogP contribution in [0.15, 0.2) is 47.4 Å². The molecule has 29 heavy (non-hydrogen) atoms. The highest BCUT2D eigenvalue weighted by molar-refractivity contribution is 8.00. The van der Waals surface area contributed by atoms with Crippen LogP contribution in [0.1, 0.15) is 5.56 Å². The highest BCUT2D eigenvalue weighted by Crippen LogP contribution is 2.23. The predicted octanol–water partition coefficient (Wildman–Crippen LogP) is 3.15. The van der Waals surface area contributed by atoms with E-state index in [9.17, 15) is 18.4 Å². The van der Waals surface area contributed by atoms with Crippen molar-refractivity contribution in [2.45, 2.75) is 11.8 Å². The first kappa shape index (κ1) is 21.3. The number of aryl methyl sites for hydroxylation is 1. The zero-order valence-electron chi connectivity index (χ0n) is 16.2. The molecule has 0 saturated carbocycles. The molecule has 5 nitrogen and oxygen atoms in total. The Morgan fingerprint density at radius 3 is 2.41 bits per heavy atom. The van der Waals surface area contributed by atoms with Crippen LogP contribution in [0.4, 0.5) is 14.5 Å². The second-order valence-corrected chi connectivity index (χ2v) is 7.95. The summed E-state index contributed by atoms with van der Waals surface area (Å²) in [5.74, 6) is -1.23. The Balaban J connectivity index is 1.41. The Bertz CT molecular complexity index is 869. The number of halogens is 2. The third-order valence-corrected chi connectivity index (χ3v) is 5.69. The van der Waals surface area contributed by atoms with Gasteiger partial charge in [0.1, 0.15) is 11.6 Å². The number of hydrogen-bond donors (Lipinski definition) is 1. The zero-order valence-corrected chi connectivity index (χ0v) is 17.0. The molecule has 0 aromatic heterocycles. The number of hydrogen-bond acceptors (Lipinski definition) is 4. The molecule has 2 aromatic carbocycles. The number of piperazine rings is 1. The minimum Gasteiger partial charge on any atom is -0.339 e. The van der Waals surface area contributed by atoms with Gasteiger partial charge in [0.05, 0.1) is 12.3 Å². The van der Waals surface area contributed by atoms with Crippen LogP contribution >= 0.6 is 11.8 Å². The average Bonchev–Trinajstić information content (AvgIpc) is 2.70. The smallest absolute Gasteiger partial charge is 0.238 e. The van der Waals surface area contributed by atoms with Gasteiger partial charge in [0, 0.05) is 36.8 Å².